The molecule has 0 aliphatic carbocycles. The van der Waals surface area contributed by atoms with E-state index in [1.807, 2.05) is 61.5 Å². The first-order valence-electron chi connectivity index (χ1n) is 7.99. The molecule has 1 aliphatic rings. The van der Waals surface area contributed by atoms with E-state index < -0.39 is 11.8 Å². The topological polar surface area (TPSA) is 70.6 Å². The molecular weight excluding hydrogens is 382 g/mol. The van der Waals surface area contributed by atoms with Crippen molar-refractivity contribution >= 4 is 33.5 Å². The van der Waals surface area contributed by atoms with Gasteiger partial charge in [-0.05, 0) is 18.6 Å². The first-order valence-corrected chi connectivity index (χ1v) is 8.79. The molecule has 0 unspecified atom stereocenters. The van der Waals surface area contributed by atoms with Crippen molar-refractivity contribution in [1.82, 2.24) is 10.7 Å². The quantitative estimate of drug-likeness (QED) is 0.471. The minimum absolute atomic E-state index is 0.187. The van der Waals surface area contributed by atoms with Crippen molar-refractivity contribution in [2.24, 2.45) is 11.0 Å². The Morgan fingerprint density at radius 1 is 1.16 bits per heavy atom. The molecule has 2 amide bonds. The van der Waals surface area contributed by atoms with Crippen LogP contribution in [0.3, 0.4) is 0 Å². The summed E-state index contributed by atoms with van der Waals surface area (Å²) in [5, 5.41) is 6.94. The van der Waals surface area contributed by atoms with Crippen LogP contribution >= 0.6 is 15.9 Å². The van der Waals surface area contributed by atoms with Crippen LogP contribution in [0.2, 0.25) is 0 Å². The van der Waals surface area contributed by atoms with Crippen LogP contribution in [-0.2, 0) is 9.59 Å². The number of benzene rings is 2. The minimum Gasteiger partial charge on any atom is -0.355 e. The first-order chi connectivity index (χ1) is 12.1. The van der Waals surface area contributed by atoms with Crippen molar-refractivity contribution in [3.8, 4) is 0 Å². The van der Waals surface area contributed by atoms with Crippen LogP contribution in [0.25, 0.3) is 0 Å². The molecule has 1 aliphatic heterocycles. The van der Waals surface area contributed by atoms with Gasteiger partial charge in [-0.3, -0.25) is 9.59 Å². The fourth-order valence-electron chi connectivity index (χ4n) is 2.96. The monoisotopic (exact) mass is 399 g/mol. The number of carbonyl (C=O) groups excluding carboxylic acids is 2. The minimum atomic E-state index is -0.779. The third-order valence-corrected chi connectivity index (χ3v) is 4.98. The van der Waals surface area contributed by atoms with Crippen molar-refractivity contribution in [2.75, 3.05) is 6.54 Å². The van der Waals surface area contributed by atoms with E-state index in [4.69, 9.17) is 0 Å². The average Bonchev–Trinajstić information content (AvgIpc) is 3.02. The van der Waals surface area contributed by atoms with Gasteiger partial charge >= 0.3 is 0 Å². The molecule has 128 valence electrons. The van der Waals surface area contributed by atoms with E-state index in [0.29, 0.717) is 12.3 Å². The molecule has 0 radical (unpaired) electrons. The molecule has 25 heavy (non-hydrogen) atoms. The Balaban J connectivity index is 1.76. The number of amides is 2. The maximum atomic E-state index is 12.6. The number of nitrogens with zero attached hydrogens (tertiary/aromatic N) is 1. The zero-order valence-electron chi connectivity index (χ0n) is 13.7. The molecule has 1 heterocycles. The summed E-state index contributed by atoms with van der Waals surface area (Å²) < 4.78 is 0.895. The Hall–Kier alpha value is -2.47. The summed E-state index contributed by atoms with van der Waals surface area (Å²) in [7, 11) is 0. The van der Waals surface area contributed by atoms with Gasteiger partial charge in [0.1, 0.15) is 5.92 Å². The average molecular weight is 400 g/mol. The van der Waals surface area contributed by atoms with Crippen LogP contribution < -0.4 is 10.7 Å². The Labute approximate surface area is 154 Å². The predicted octanol–water partition coefficient (Wildman–Crippen LogP) is 2.82. The molecule has 5 nitrogen and oxygen atoms in total. The molecule has 2 aromatic rings. The second-order valence-corrected chi connectivity index (χ2v) is 6.75. The van der Waals surface area contributed by atoms with Crippen molar-refractivity contribution in [3.63, 3.8) is 0 Å². The second kappa shape index (κ2) is 7.61. The van der Waals surface area contributed by atoms with Crippen LogP contribution in [0.5, 0.6) is 0 Å². The van der Waals surface area contributed by atoms with Crippen molar-refractivity contribution < 1.29 is 9.59 Å². The molecule has 2 N–H and O–H groups in total. The van der Waals surface area contributed by atoms with Gasteiger partial charge in [0.25, 0.3) is 5.91 Å². The van der Waals surface area contributed by atoms with Crippen LogP contribution in [0.15, 0.2) is 64.2 Å². The van der Waals surface area contributed by atoms with Crippen molar-refractivity contribution in [1.29, 1.82) is 0 Å². The van der Waals surface area contributed by atoms with E-state index in [0.717, 1.165) is 15.6 Å². The first kappa shape index (κ1) is 17.4. The third kappa shape index (κ3) is 3.79. The zero-order valence-corrected chi connectivity index (χ0v) is 15.3. The fourth-order valence-corrected chi connectivity index (χ4v) is 3.53. The third-order valence-electron chi connectivity index (χ3n) is 4.29. The summed E-state index contributed by atoms with van der Waals surface area (Å²) in [5.41, 5.74) is 5.06. The summed E-state index contributed by atoms with van der Waals surface area (Å²) in [5.74, 6) is -1.62. The maximum absolute atomic E-state index is 12.6. The summed E-state index contributed by atoms with van der Waals surface area (Å²) >= 11 is 3.46. The van der Waals surface area contributed by atoms with Gasteiger partial charge in [-0.2, -0.15) is 5.10 Å². The molecule has 1 saturated heterocycles. The Morgan fingerprint density at radius 2 is 1.84 bits per heavy atom. The summed E-state index contributed by atoms with van der Waals surface area (Å²) in [6.45, 7) is 2.26. The molecule has 0 bridgehead atoms. The van der Waals surface area contributed by atoms with E-state index in [-0.39, 0.29) is 11.8 Å². The highest BCUT2D eigenvalue weighted by Crippen LogP contribution is 2.29. The van der Waals surface area contributed by atoms with E-state index in [2.05, 4.69) is 31.8 Å². The smallest absolute Gasteiger partial charge is 0.253 e. The van der Waals surface area contributed by atoms with Crippen molar-refractivity contribution in [3.05, 3.63) is 70.2 Å². The van der Waals surface area contributed by atoms with Gasteiger partial charge in [0.15, 0.2) is 0 Å². The SMILES string of the molecule is C/C(=N\NC(=O)[C@@H]1C(=O)NC[C@H]1c1ccccc1)c1ccccc1Br. The lowest BCUT2D eigenvalue weighted by atomic mass is 9.88. The summed E-state index contributed by atoms with van der Waals surface area (Å²) in [6.07, 6.45) is 0. The number of rotatable bonds is 4. The van der Waals surface area contributed by atoms with Crippen LogP contribution in [0, 0.1) is 5.92 Å². The van der Waals surface area contributed by atoms with Crippen LogP contribution in [0.4, 0.5) is 0 Å². The molecule has 1 fully saturated rings. The van der Waals surface area contributed by atoms with Gasteiger partial charge < -0.3 is 5.32 Å². The normalized spacial score (nSPS) is 20.2. The van der Waals surface area contributed by atoms with Gasteiger partial charge in [-0.25, -0.2) is 5.43 Å². The van der Waals surface area contributed by atoms with Gasteiger partial charge in [0.05, 0.1) is 5.71 Å². The predicted molar refractivity (Wildman–Crippen MR) is 100 cm³/mol. The molecule has 6 heteroatoms. The number of carbonyl (C=O) groups is 2. The summed E-state index contributed by atoms with van der Waals surface area (Å²) in [6, 6.07) is 17.2. The van der Waals surface area contributed by atoms with Crippen LogP contribution in [0.1, 0.15) is 24.0 Å². The number of hydrogen-bond donors (Lipinski definition) is 2. The van der Waals surface area contributed by atoms with Gasteiger partial charge in [-0.1, -0.05) is 64.5 Å². The van der Waals surface area contributed by atoms with Crippen molar-refractivity contribution in [2.45, 2.75) is 12.8 Å². The van der Waals surface area contributed by atoms with Crippen LogP contribution in [-0.4, -0.2) is 24.1 Å². The molecular formula is C19H18BrN3O2. The van der Waals surface area contributed by atoms with Gasteiger partial charge in [-0.15, -0.1) is 0 Å². The fraction of sp³-hybridized carbons (Fsp3) is 0.211. The number of nitrogens with one attached hydrogen (secondary N) is 2. The lowest BCUT2D eigenvalue weighted by Crippen LogP contribution is -2.35. The number of hydrazone groups is 1. The standard InChI is InChI=1S/C19H18BrN3O2/c1-12(14-9-5-6-10-16(14)20)22-23-19(25)17-15(11-21-18(17)24)13-7-3-2-4-8-13/h2-10,15,17H,11H2,1H3,(H,21,24)(H,23,25)/b22-12+/t15-,17-/m0/s1. The van der Waals surface area contributed by atoms with Gasteiger partial charge in [0.2, 0.25) is 5.91 Å². The molecule has 2 atom stereocenters. The van der Waals surface area contributed by atoms with E-state index >= 15 is 0 Å². The Morgan fingerprint density at radius 3 is 2.56 bits per heavy atom. The molecule has 0 aromatic heterocycles. The highest BCUT2D eigenvalue weighted by molar-refractivity contribution is 9.10. The summed E-state index contributed by atoms with van der Waals surface area (Å²) in [4.78, 5) is 24.7. The van der Waals surface area contributed by atoms with E-state index in [9.17, 15) is 9.59 Å². The number of halogens is 1. The largest absolute Gasteiger partial charge is 0.355 e. The molecule has 0 spiro atoms. The molecule has 3 rings (SSSR count). The zero-order chi connectivity index (χ0) is 17.8. The molecule has 2 aromatic carbocycles. The lowest BCUT2D eigenvalue weighted by molar-refractivity contribution is -0.133. The second-order valence-electron chi connectivity index (χ2n) is 5.89. The molecule has 0 saturated carbocycles. The van der Waals surface area contributed by atoms with E-state index in [1.165, 1.54) is 0 Å². The highest BCUT2D eigenvalue weighted by Gasteiger charge is 2.40. The van der Waals surface area contributed by atoms with Gasteiger partial charge in [0, 0.05) is 22.5 Å². The van der Waals surface area contributed by atoms with E-state index in [1.54, 1.807) is 0 Å². The Bertz CT molecular complexity index is 820. The highest BCUT2D eigenvalue weighted by atomic mass is 79.9. The maximum Gasteiger partial charge on any atom is 0.253 e. The Kier molecular flexibility index (Phi) is 5.28. The number of hydrogen-bond acceptors (Lipinski definition) is 3. The lowest BCUT2D eigenvalue weighted by Gasteiger charge is -2.15.